The lowest BCUT2D eigenvalue weighted by Crippen LogP contribution is -2.48. The number of benzene rings is 2. The van der Waals surface area contributed by atoms with Gasteiger partial charge < -0.3 is 15.1 Å². The van der Waals surface area contributed by atoms with E-state index >= 15 is 0 Å². The molecule has 184 valence electrons. The topological polar surface area (TPSA) is 52.7 Å². The fraction of sp³-hybridized carbons (Fsp3) is 0.517. The fourth-order valence-corrected chi connectivity index (χ4v) is 4.51. The van der Waals surface area contributed by atoms with Crippen molar-refractivity contribution in [2.45, 2.75) is 71.1 Å². The van der Waals surface area contributed by atoms with Crippen molar-refractivity contribution in [3.63, 3.8) is 0 Å². The lowest BCUT2D eigenvalue weighted by atomic mass is 10.1. The second-order valence-electron chi connectivity index (χ2n) is 9.32. The van der Waals surface area contributed by atoms with E-state index in [2.05, 4.69) is 29.3 Å². The highest BCUT2D eigenvalue weighted by Gasteiger charge is 2.22. The number of piperazine rings is 1. The van der Waals surface area contributed by atoms with Crippen molar-refractivity contribution in [3.8, 4) is 0 Å². The quantitative estimate of drug-likeness (QED) is 0.345. The molecule has 34 heavy (non-hydrogen) atoms. The molecule has 1 N–H and O–H groups in total. The van der Waals surface area contributed by atoms with Crippen molar-refractivity contribution in [2.75, 3.05) is 36.4 Å². The van der Waals surface area contributed by atoms with Crippen molar-refractivity contribution in [1.82, 2.24) is 4.90 Å². The van der Waals surface area contributed by atoms with E-state index < -0.39 is 0 Å². The number of nitrogens with zero attached hydrogens (tertiary/aromatic N) is 2. The minimum absolute atomic E-state index is 0.101. The number of rotatable bonds is 13. The van der Waals surface area contributed by atoms with E-state index in [4.69, 9.17) is 0 Å². The Balaban J connectivity index is 1.32. The average Bonchev–Trinajstić information content (AvgIpc) is 2.88. The SMILES string of the molecule is CCCCCCCCCCCC(=O)Nc1ccc(N2CCN(C(=O)c3ccccc3)CC2)cc1. The summed E-state index contributed by atoms with van der Waals surface area (Å²) in [6.07, 6.45) is 11.9. The van der Waals surface area contributed by atoms with Crippen LogP contribution in [0.25, 0.3) is 0 Å². The predicted molar refractivity (Wildman–Crippen MR) is 141 cm³/mol. The molecule has 2 amide bonds. The predicted octanol–water partition coefficient (Wildman–Crippen LogP) is 6.51. The van der Waals surface area contributed by atoms with Gasteiger partial charge in [0.15, 0.2) is 0 Å². The van der Waals surface area contributed by atoms with E-state index in [0.717, 1.165) is 42.9 Å². The first kappa shape index (κ1) is 25.8. The monoisotopic (exact) mass is 463 g/mol. The third-order valence-electron chi connectivity index (χ3n) is 6.61. The van der Waals surface area contributed by atoms with Crippen LogP contribution >= 0.6 is 0 Å². The highest BCUT2D eigenvalue weighted by Crippen LogP contribution is 2.21. The molecule has 1 saturated heterocycles. The zero-order chi connectivity index (χ0) is 24.0. The van der Waals surface area contributed by atoms with Crippen LogP contribution < -0.4 is 10.2 Å². The molecule has 2 aromatic carbocycles. The van der Waals surface area contributed by atoms with Crippen LogP contribution in [0, 0.1) is 0 Å². The van der Waals surface area contributed by atoms with Gasteiger partial charge in [0.2, 0.25) is 5.91 Å². The van der Waals surface area contributed by atoms with Gasteiger partial charge in [-0.2, -0.15) is 0 Å². The molecule has 1 aliphatic rings. The van der Waals surface area contributed by atoms with E-state index in [1.807, 2.05) is 47.4 Å². The Morgan fingerprint density at radius 2 is 1.32 bits per heavy atom. The molecule has 0 aromatic heterocycles. The van der Waals surface area contributed by atoms with Gasteiger partial charge in [-0.15, -0.1) is 0 Å². The van der Waals surface area contributed by atoms with Crippen molar-refractivity contribution >= 4 is 23.2 Å². The maximum Gasteiger partial charge on any atom is 0.253 e. The summed E-state index contributed by atoms with van der Waals surface area (Å²) in [5, 5.41) is 3.03. The molecule has 1 fully saturated rings. The summed E-state index contributed by atoms with van der Waals surface area (Å²) >= 11 is 0. The zero-order valence-electron chi connectivity index (χ0n) is 20.8. The largest absolute Gasteiger partial charge is 0.368 e. The second kappa shape index (κ2) is 14.4. The third kappa shape index (κ3) is 8.51. The van der Waals surface area contributed by atoms with Crippen molar-refractivity contribution in [2.24, 2.45) is 0 Å². The van der Waals surface area contributed by atoms with Crippen LogP contribution in [-0.4, -0.2) is 42.9 Å². The van der Waals surface area contributed by atoms with E-state index in [-0.39, 0.29) is 11.8 Å². The number of hydrogen-bond donors (Lipinski definition) is 1. The molecule has 5 nitrogen and oxygen atoms in total. The van der Waals surface area contributed by atoms with Crippen LogP contribution in [0.4, 0.5) is 11.4 Å². The molecule has 2 aromatic rings. The van der Waals surface area contributed by atoms with Crippen LogP contribution in [-0.2, 0) is 4.79 Å². The van der Waals surface area contributed by atoms with Crippen LogP contribution in [0.3, 0.4) is 0 Å². The number of carbonyl (C=O) groups excluding carboxylic acids is 2. The number of anilines is 2. The molecule has 0 saturated carbocycles. The summed E-state index contributed by atoms with van der Waals surface area (Å²) in [4.78, 5) is 29.1. The molecule has 0 bridgehead atoms. The fourth-order valence-electron chi connectivity index (χ4n) is 4.51. The molecule has 0 radical (unpaired) electrons. The number of hydrogen-bond acceptors (Lipinski definition) is 3. The highest BCUT2D eigenvalue weighted by molar-refractivity contribution is 5.94. The van der Waals surface area contributed by atoms with Gasteiger partial charge in [-0.3, -0.25) is 9.59 Å². The van der Waals surface area contributed by atoms with Crippen molar-refractivity contribution < 1.29 is 9.59 Å². The minimum Gasteiger partial charge on any atom is -0.368 e. The Labute approximate surface area is 205 Å². The summed E-state index contributed by atoms with van der Waals surface area (Å²) in [5.41, 5.74) is 2.73. The normalized spacial score (nSPS) is 13.7. The van der Waals surface area contributed by atoms with Gasteiger partial charge in [-0.1, -0.05) is 76.5 Å². The maximum absolute atomic E-state index is 12.6. The van der Waals surface area contributed by atoms with Gasteiger partial charge in [0, 0.05) is 49.5 Å². The zero-order valence-corrected chi connectivity index (χ0v) is 20.8. The highest BCUT2D eigenvalue weighted by atomic mass is 16.2. The van der Waals surface area contributed by atoms with Crippen LogP contribution in [0.1, 0.15) is 81.5 Å². The molecule has 0 aliphatic carbocycles. The van der Waals surface area contributed by atoms with Crippen molar-refractivity contribution in [3.05, 3.63) is 60.2 Å². The maximum atomic E-state index is 12.6. The molecule has 1 heterocycles. The third-order valence-corrected chi connectivity index (χ3v) is 6.61. The first-order chi connectivity index (χ1) is 16.7. The molecule has 5 heteroatoms. The van der Waals surface area contributed by atoms with Crippen molar-refractivity contribution in [1.29, 1.82) is 0 Å². The lowest BCUT2D eigenvalue weighted by Gasteiger charge is -2.36. The number of carbonyl (C=O) groups is 2. The number of nitrogens with one attached hydrogen (secondary N) is 1. The smallest absolute Gasteiger partial charge is 0.253 e. The minimum atomic E-state index is 0.101. The Morgan fingerprint density at radius 1 is 0.735 bits per heavy atom. The molecular formula is C29H41N3O2. The van der Waals surface area contributed by atoms with Gasteiger partial charge in [0.1, 0.15) is 0 Å². The average molecular weight is 464 g/mol. The first-order valence-electron chi connectivity index (χ1n) is 13.2. The second-order valence-corrected chi connectivity index (χ2v) is 9.32. The van der Waals surface area contributed by atoms with E-state index in [0.29, 0.717) is 19.5 Å². The van der Waals surface area contributed by atoms with E-state index in [9.17, 15) is 9.59 Å². The molecule has 1 aliphatic heterocycles. The first-order valence-corrected chi connectivity index (χ1v) is 13.2. The number of unbranched alkanes of at least 4 members (excludes halogenated alkanes) is 8. The van der Waals surface area contributed by atoms with Gasteiger partial charge in [-0.05, 0) is 42.8 Å². The molecule has 3 rings (SSSR count). The summed E-state index contributed by atoms with van der Waals surface area (Å²) in [7, 11) is 0. The Bertz CT molecular complexity index is 859. The Morgan fingerprint density at radius 3 is 1.94 bits per heavy atom. The van der Waals surface area contributed by atoms with E-state index in [1.165, 1.54) is 44.9 Å². The van der Waals surface area contributed by atoms with E-state index in [1.54, 1.807) is 0 Å². The number of amides is 2. The molecular weight excluding hydrogens is 422 g/mol. The standard InChI is InChI=1S/C29H41N3O2/c1-2-3-4-5-6-7-8-9-13-16-28(33)30-26-17-19-27(20-18-26)31-21-23-32(24-22-31)29(34)25-14-11-10-12-15-25/h10-12,14-15,17-20H,2-9,13,16,21-24H2,1H3,(H,30,33). The lowest BCUT2D eigenvalue weighted by molar-refractivity contribution is -0.116. The molecule has 0 atom stereocenters. The van der Waals surface area contributed by atoms with Crippen LogP contribution in [0.15, 0.2) is 54.6 Å². The molecule has 0 spiro atoms. The van der Waals surface area contributed by atoms with Gasteiger partial charge in [0.25, 0.3) is 5.91 Å². The summed E-state index contributed by atoms with van der Waals surface area (Å²) in [6.45, 7) is 5.29. The summed E-state index contributed by atoms with van der Waals surface area (Å²) < 4.78 is 0. The van der Waals surface area contributed by atoms with Gasteiger partial charge in [-0.25, -0.2) is 0 Å². The Hall–Kier alpha value is -2.82. The van der Waals surface area contributed by atoms with Gasteiger partial charge >= 0.3 is 0 Å². The Kier molecular flexibility index (Phi) is 11.0. The van der Waals surface area contributed by atoms with Crippen LogP contribution in [0.2, 0.25) is 0 Å². The van der Waals surface area contributed by atoms with Crippen LogP contribution in [0.5, 0.6) is 0 Å². The summed E-state index contributed by atoms with van der Waals surface area (Å²) in [5.74, 6) is 0.203. The molecule has 0 unspecified atom stereocenters. The van der Waals surface area contributed by atoms with Gasteiger partial charge in [0.05, 0.1) is 0 Å². The summed E-state index contributed by atoms with van der Waals surface area (Å²) in [6, 6.07) is 17.6.